The number of aromatic nitrogens is 2. The first kappa shape index (κ1) is 16.5. The Bertz CT molecular complexity index is 1040. The maximum atomic E-state index is 13.8. The van der Waals surface area contributed by atoms with Crippen molar-refractivity contribution >= 4 is 38.3 Å². The Kier molecular flexibility index (Phi) is 4.06. The van der Waals surface area contributed by atoms with Crippen LogP contribution in [0.5, 0.6) is 5.88 Å². The van der Waals surface area contributed by atoms with E-state index < -0.39 is 33.4 Å². The summed E-state index contributed by atoms with van der Waals surface area (Å²) in [5, 5.41) is 0.790. The second kappa shape index (κ2) is 5.91. The number of methoxy groups -OCH3 is 1. The number of anilines is 1. The molecule has 0 aliphatic rings. The molecule has 2 N–H and O–H groups in total. The number of nitrogens with zero attached hydrogens (tertiary/aromatic N) is 1. The van der Waals surface area contributed by atoms with E-state index in [9.17, 15) is 17.2 Å². The lowest BCUT2D eigenvalue weighted by Gasteiger charge is -2.09. The highest BCUT2D eigenvalue weighted by Crippen LogP contribution is 2.28. The third-order valence-corrected chi connectivity index (χ3v) is 4.83. The number of sulfonamides is 1. The van der Waals surface area contributed by atoms with Gasteiger partial charge in [-0.15, -0.1) is 0 Å². The third kappa shape index (κ3) is 2.87. The Morgan fingerprint density at radius 3 is 2.71 bits per heavy atom. The number of halogens is 3. The van der Waals surface area contributed by atoms with Crippen molar-refractivity contribution in [2.75, 3.05) is 11.8 Å². The van der Waals surface area contributed by atoms with Crippen LogP contribution in [0.15, 0.2) is 35.4 Å². The highest BCUT2D eigenvalue weighted by Gasteiger charge is 2.23. The molecule has 1 aromatic carbocycles. The predicted octanol–water partition coefficient (Wildman–Crippen LogP) is 3.30. The monoisotopic (exact) mass is 373 g/mol. The molecule has 0 saturated heterocycles. The minimum atomic E-state index is -4.17. The van der Waals surface area contributed by atoms with Gasteiger partial charge in [-0.05, 0) is 18.2 Å². The minimum absolute atomic E-state index is 0.126. The molecule has 0 fully saturated rings. The van der Waals surface area contributed by atoms with Crippen LogP contribution in [0.25, 0.3) is 10.9 Å². The molecule has 24 heavy (non-hydrogen) atoms. The van der Waals surface area contributed by atoms with E-state index in [0.717, 1.165) is 7.11 Å². The smallest absolute Gasteiger partial charge is 0.265 e. The molecule has 6 nitrogen and oxygen atoms in total. The average Bonchev–Trinajstić information content (AvgIpc) is 2.93. The van der Waals surface area contributed by atoms with Gasteiger partial charge in [0.15, 0.2) is 17.5 Å². The van der Waals surface area contributed by atoms with Gasteiger partial charge in [-0.2, -0.15) is 4.98 Å². The van der Waals surface area contributed by atoms with Crippen LogP contribution in [-0.2, 0) is 10.0 Å². The van der Waals surface area contributed by atoms with Crippen molar-refractivity contribution in [3.8, 4) is 5.88 Å². The number of aromatic amines is 1. The average molecular weight is 374 g/mol. The van der Waals surface area contributed by atoms with Crippen LogP contribution in [0, 0.1) is 11.6 Å². The van der Waals surface area contributed by atoms with Gasteiger partial charge in [0, 0.05) is 28.2 Å². The number of ether oxygens (including phenoxy) is 1. The van der Waals surface area contributed by atoms with E-state index in [2.05, 4.69) is 14.7 Å². The van der Waals surface area contributed by atoms with Crippen molar-refractivity contribution in [3.63, 3.8) is 0 Å². The summed E-state index contributed by atoms with van der Waals surface area (Å²) in [5.74, 6) is -3.41. The Labute approximate surface area is 140 Å². The number of hydrogen-bond acceptors (Lipinski definition) is 4. The van der Waals surface area contributed by atoms with Crippen molar-refractivity contribution in [2.24, 2.45) is 0 Å². The molecule has 2 aromatic heterocycles. The molecule has 0 radical (unpaired) electrons. The first-order valence-electron chi connectivity index (χ1n) is 6.51. The molecule has 0 atom stereocenters. The zero-order chi connectivity index (χ0) is 17.5. The summed E-state index contributed by atoms with van der Waals surface area (Å²) in [6.07, 6.45) is 1.24. The van der Waals surface area contributed by atoms with Crippen molar-refractivity contribution in [2.45, 2.75) is 4.90 Å². The molecule has 10 heteroatoms. The molecule has 0 spiro atoms. The van der Waals surface area contributed by atoms with Crippen LogP contribution in [0.4, 0.5) is 14.6 Å². The van der Waals surface area contributed by atoms with Gasteiger partial charge in [0.2, 0.25) is 0 Å². The van der Waals surface area contributed by atoms with Crippen LogP contribution in [0.3, 0.4) is 0 Å². The van der Waals surface area contributed by atoms with Crippen LogP contribution < -0.4 is 9.46 Å². The summed E-state index contributed by atoms with van der Waals surface area (Å²) in [7, 11) is -3.04. The summed E-state index contributed by atoms with van der Waals surface area (Å²) < 4.78 is 58.7. The summed E-state index contributed by atoms with van der Waals surface area (Å²) >= 11 is 5.85. The molecule has 0 saturated carbocycles. The topological polar surface area (TPSA) is 84.1 Å². The molecule has 2 heterocycles. The normalized spacial score (nSPS) is 11.7. The largest absolute Gasteiger partial charge is 0.479 e. The Hall–Kier alpha value is -2.39. The molecule has 0 bridgehead atoms. The number of pyridine rings is 1. The summed E-state index contributed by atoms with van der Waals surface area (Å²) in [6, 6.07) is 5.07. The lowest BCUT2D eigenvalue weighted by molar-refractivity contribution is 0.367. The van der Waals surface area contributed by atoms with E-state index in [1.165, 1.54) is 18.3 Å². The van der Waals surface area contributed by atoms with E-state index in [1.54, 1.807) is 6.07 Å². The highest BCUT2D eigenvalue weighted by atomic mass is 35.5. The van der Waals surface area contributed by atoms with Gasteiger partial charge in [-0.25, -0.2) is 17.2 Å². The molecular formula is C14H10ClF2N3O3S. The number of fused-ring (bicyclic) bond motifs is 1. The Morgan fingerprint density at radius 1 is 1.25 bits per heavy atom. The van der Waals surface area contributed by atoms with Crippen molar-refractivity contribution in [3.05, 3.63) is 47.1 Å². The fraction of sp³-hybridized carbons (Fsp3) is 0.0714. The van der Waals surface area contributed by atoms with E-state index in [-0.39, 0.29) is 4.90 Å². The zero-order valence-corrected chi connectivity index (χ0v) is 13.7. The SMILES string of the molecule is COc1nc(NS(=O)(=O)c2c[nH]c3cc(Cl)ccc23)c(F)cc1F. The van der Waals surface area contributed by atoms with Gasteiger partial charge in [0.1, 0.15) is 4.90 Å². The molecule has 0 unspecified atom stereocenters. The number of benzene rings is 1. The number of H-pyrrole nitrogens is 1. The quantitative estimate of drug-likeness (QED) is 0.735. The Morgan fingerprint density at radius 2 is 2.00 bits per heavy atom. The van der Waals surface area contributed by atoms with Gasteiger partial charge in [-0.1, -0.05) is 11.6 Å². The summed E-state index contributed by atoms with van der Waals surface area (Å²) in [5.41, 5.74) is 0.494. The molecular weight excluding hydrogens is 364 g/mol. The minimum Gasteiger partial charge on any atom is -0.479 e. The third-order valence-electron chi connectivity index (χ3n) is 3.22. The maximum absolute atomic E-state index is 13.8. The van der Waals surface area contributed by atoms with Gasteiger partial charge in [-0.3, -0.25) is 4.72 Å². The second-order valence-electron chi connectivity index (χ2n) is 4.76. The highest BCUT2D eigenvalue weighted by molar-refractivity contribution is 7.93. The number of nitrogens with one attached hydrogen (secondary N) is 2. The van der Waals surface area contributed by atoms with Gasteiger partial charge >= 0.3 is 0 Å². The fourth-order valence-electron chi connectivity index (χ4n) is 2.14. The van der Waals surface area contributed by atoms with Crippen molar-refractivity contribution < 1.29 is 21.9 Å². The van der Waals surface area contributed by atoms with Gasteiger partial charge in [0.05, 0.1) is 7.11 Å². The fourth-order valence-corrected chi connectivity index (χ4v) is 3.50. The van der Waals surface area contributed by atoms with Crippen LogP contribution in [-0.4, -0.2) is 25.5 Å². The number of hydrogen-bond donors (Lipinski definition) is 2. The second-order valence-corrected chi connectivity index (χ2v) is 6.85. The zero-order valence-electron chi connectivity index (χ0n) is 12.1. The molecule has 3 aromatic rings. The number of rotatable bonds is 4. The molecule has 126 valence electrons. The predicted molar refractivity (Wildman–Crippen MR) is 84.8 cm³/mol. The van der Waals surface area contributed by atoms with E-state index >= 15 is 0 Å². The van der Waals surface area contributed by atoms with Gasteiger partial charge < -0.3 is 9.72 Å². The Balaban J connectivity index is 2.05. The molecule has 0 amide bonds. The van der Waals surface area contributed by atoms with Crippen molar-refractivity contribution in [1.82, 2.24) is 9.97 Å². The molecule has 0 aliphatic heterocycles. The lowest BCUT2D eigenvalue weighted by atomic mass is 10.2. The van der Waals surface area contributed by atoms with Crippen LogP contribution in [0.1, 0.15) is 0 Å². The van der Waals surface area contributed by atoms with Crippen molar-refractivity contribution in [1.29, 1.82) is 0 Å². The maximum Gasteiger partial charge on any atom is 0.265 e. The molecule has 3 rings (SSSR count). The first-order valence-corrected chi connectivity index (χ1v) is 8.37. The van der Waals surface area contributed by atoms with E-state index in [4.69, 9.17) is 11.6 Å². The standard InChI is InChI=1S/C14H10ClF2N3O3S/c1-23-14-10(17)5-9(16)13(19-14)20-24(21,22)12-6-18-11-4-7(15)2-3-8(11)12/h2-6,18H,1H3,(H,19,20). The van der Waals surface area contributed by atoms with Crippen LogP contribution >= 0.6 is 11.6 Å². The first-order chi connectivity index (χ1) is 11.3. The molecule has 0 aliphatic carbocycles. The van der Waals surface area contributed by atoms with E-state index in [1.807, 2.05) is 4.72 Å². The van der Waals surface area contributed by atoms with E-state index in [0.29, 0.717) is 22.0 Å². The van der Waals surface area contributed by atoms with Gasteiger partial charge in [0.25, 0.3) is 15.9 Å². The summed E-state index contributed by atoms with van der Waals surface area (Å²) in [6.45, 7) is 0. The summed E-state index contributed by atoms with van der Waals surface area (Å²) in [4.78, 5) is 6.12. The van der Waals surface area contributed by atoms with Crippen LogP contribution in [0.2, 0.25) is 5.02 Å². The lowest BCUT2D eigenvalue weighted by Crippen LogP contribution is -2.15.